The smallest absolute Gasteiger partial charge is 0.144 e. The second-order valence-electron chi connectivity index (χ2n) is 7.46. The van der Waals surface area contributed by atoms with Crippen LogP contribution in [0.5, 0.6) is 0 Å². The fourth-order valence-corrected chi connectivity index (χ4v) is 3.97. The Morgan fingerprint density at radius 1 is 1.30 bits per heavy atom. The van der Waals surface area contributed by atoms with Crippen LogP contribution in [0.15, 0.2) is 48.1 Å². The van der Waals surface area contributed by atoms with Crippen molar-refractivity contribution in [3.63, 3.8) is 0 Å². The third-order valence-corrected chi connectivity index (χ3v) is 5.38. The molecule has 1 aliphatic heterocycles. The molecule has 4 nitrogen and oxygen atoms in total. The van der Waals surface area contributed by atoms with Gasteiger partial charge in [0.25, 0.3) is 0 Å². The Bertz CT molecular complexity index is 964. The fourth-order valence-electron chi connectivity index (χ4n) is 3.97. The Morgan fingerprint density at radius 2 is 2.11 bits per heavy atom. The first kappa shape index (κ1) is 17.7. The molecule has 0 bridgehead atoms. The Labute approximate surface area is 158 Å². The lowest BCUT2D eigenvalue weighted by atomic mass is 9.87. The van der Waals surface area contributed by atoms with E-state index in [4.69, 9.17) is 0 Å². The lowest BCUT2D eigenvalue weighted by molar-refractivity contribution is 0.479. The number of allylic oxidation sites excluding steroid dienone is 4. The van der Waals surface area contributed by atoms with E-state index in [9.17, 15) is 9.65 Å². The number of hydrogen-bond acceptors (Lipinski definition) is 4. The molecule has 2 aromatic rings. The van der Waals surface area contributed by atoms with Crippen molar-refractivity contribution < 1.29 is 4.39 Å². The number of benzene rings is 1. The molecule has 1 saturated heterocycles. The van der Waals surface area contributed by atoms with Crippen molar-refractivity contribution in [1.29, 1.82) is 5.26 Å². The number of fused-ring (bicyclic) bond motifs is 1. The molecule has 2 aliphatic rings. The highest BCUT2D eigenvalue weighted by atomic mass is 19.1. The summed E-state index contributed by atoms with van der Waals surface area (Å²) in [5.74, 6) is -0.250. The predicted molar refractivity (Wildman–Crippen MR) is 107 cm³/mol. The van der Waals surface area contributed by atoms with Gasteiger partial charge in [0.2, 0.25) is 0 Å². The van der Waals surface area contributed by atoms with E-state index < -0.39 is 5.83 Å². The molecule has 2 N–H and O–H groups in total. The lowest BCUT2D eigenvalue weighted by Crippen LogP contribution is -2.35. The molecule has 1 unspecified atom stereocenters. The van der Waals surface area contributed by atoms with Crippen LogP contribution in [0.2, 0.25) is 0 Å². The second kappa shape index (κ2) is 7.50. The zero-order valence-electron chi connectivity index (χ0n) is 15.4. The highest BCUT2D eigenvalue weighted by Crippen LogP contribution is 2.38. The van der Waals surface area contributed by atoms with Crippen LogP contribution in [-0.2, 0) is 0 Å². The molecular formula is C22H23FN4. The standard InChI is InChI=1S/C22H23FN4/c1-14-8-17(12-24)22(23)19(9-14)16-10-15-2-5-26-13-20(15)21(11-16)27-18-3-6-25-7-4-18/h2,5,9-11,13-14,18,25,27H,3-4,6-8H2,1H3. The van der Waals surface area contributed by atoms with Gasteiger partial charge in [0.05, 0.1) is 11.6 Å². The van der Waals surface area contributed by atoms with Gasteiger partial charge in [-0.05, 0) is 67.4 Å². The quantitative estimate of drug-likeness (QED) is 0.840. The number of anilines is 1. The summed E-state index contributed by atoms with van der Waals surface area (Å²) in [6, 6.07) is 8.36. The number of hydrogen-bond donors (Lipinski definition) is 2. The Hall–Kier alpha value is -2.71. The van der Waals surface area contributed by atoms with Crippen molar-refractivity contribution in [3.8, 4) is 6.07 Å². The number of nitrogens with zero attached hydrogens (tertiary/aromatic N) is 2. The highest BCUT2D eigenvalue weighted by Gasteiger charge is 2.23. The topological polar surface area (TPSA) is 60.7 Å². The van der Waals surface area contributed by atoms with E-state index in [0.29, 0.717) is 18.0 Å². The number of rotatable bonds is 3. The SMILES string of the molecule is CC1C=C(c2cc(NC3CCNCC3)c3cnccc3c2)C(F)=C(C#N)C1. The van der Waals surface area contributed by atoms with Crippen LogP contribution in [0.3, 0.4) is 0 Å². The third kappa shape index (κ3) is 3.58. The maximum absolute atomic E-state index is 14.9. The van der Waals surface area contributed by atoms with Crippen molar-refractivity contribution in [3.05, 3.63) is 53.6 Å². The van der Waals surface area contributed by atoms with Crippen molar-refractivity contribution in [2.45, 2.75) is 32.2 Å². The molecule has 27 heavy (non-hydrogen) atoms. The average molecular weight is 362 g/mol. The summed E-state index contributed by atoms with van der Waals surface area (Å²) in [7, 11) is 0. The van der Waals surface area contributed by atoms with E-state index in [2.05, 4.69) is 15.6 Å². The first-order valence-corrected chi connectivity index (χ1v) is 9.52. The summed E-state index contributed by atoms with van der Waals surface area (Å²) in [6.45, 7) is 4.02. The number of pyridine rings is 1. The molecule has 0 saturated carbocycles. The predicted octanol–water partition coefficient (Wildman–Crippen LogP) is 4.57. The van der Waals surface area contributed by atoms with Crippen LogP contribution in [0.25, 0.3) is 16.3 Å². The average Bonchev–Trinajstić information content (AvgIpc) is 2.70. The third-order valence-electron chi connectivity index (χ3n) is 5.38. The first-order valence-electron chi connectivity index (χ1n) is 9.52. The van der Waals surface area contributed by atoms with Gasteiger partial charge in [0, 0.05) is 35.1 Å². The van der Waals surface area contributed by atoms with Crippen molar-refractivity contribution in [2.75, 3.05) is 18.4 Å². The number of aromatic nitrogens is 1. The molecular weight excluding hydrogens is 339 g/mol. The van der Waals surface area contributed by atoms with Crippen LogP contribution < -0.4 is 10.6 Å². The number of nitriles is 1. The maximum atomic E-state index is 14.9. The summed E-state index contributed by atoms with van der Waals surface area (Å²) in [4.78, 5) is 4.27. The van der Waals surface area contributed by atoms with E-state index in [-0.39, 0.29) is 11.5 Å². The van der Waals surface area contributed by atoms with Crippen LogP contribution in [0.4, 0.5) is 10.1 Å². The molecule has 0 spiro atoms. The van der Waals surface area contributed by atoms with Gasteiger partial charge >= 0.3 is 0 Å². The fraction of sp³-hybridized carbons (Fsp3) is 0.364. The Morgan fingerprint density at radius 3 is 2.89 bits per heavy atom. The van der Waals surface area contributed by atoms with E-state index >= 15 is 0 Å². The van der Waals surface area contributed by atoms with Gasteiger partial charge in [0.15, 0.2) is 0 Å². The summed E-state index contributed by atoms with van der Waals surface area (Å²) in [5, 5.41) is 18.4. The summed E-state index contributed by atoms with van der Waals surface area (Å²) in [6.07, 6.45) is 8.12. The van der Waals surface area contributed by atoms with Crippen LogP contribution in [0.1, 0.15) is 31.7 Å². The Balaban J connectivity index is 1.80. The van der Waals surface area contributed by atoms with Crippen LogP contribution >= 0.6 is 0 Å². The molecule has 4 rings (SSSR count). The molecule has 1 aromatic carbocycles. The molecule has 5 heteroatoms. The lowest BCUT2D eigenvalue weighted by Gasteiger charge is -2.26. The highest BCUT2D eigenvalue weighted by molar-refractivity contribution is 5.97. The molecule has 1 aliphatic carbocycles. The van der Waals surface area contributed by atoms with E-state index in [1.807, 2.05) is 43.5 Å². The summed E-state index contributed by atoms with van der Waals surface area (Å²) in [5.41, 5.74) is 2.55. The van der Waals surface area contributed by atoms with E-state index in [1.54, 1.807) is 6.20 Å². The number of piperidine rings is 1. The maximum Gasteiger partial charge on any atom is 0.144 e. The van der Waals surface area contributed by atoms with Gasteiger partial charge in [-0.3, -0.25) is 4.98 Å². The Kier molecular flexibility index (Phi) is 4.91. The molecule has 1 atom stereocenters. The van der Waals surface area contributed by atoms with Crippen molar-refractivity contribution in [1.82, 2.24) is 10.3 Å². The van der Waals surface area contributed by atoms with Crippen molar-refractivity contribution >= 4 is 22.0 Å². The second-order valence-corrected chi connectivity index (χ2v) is 7.46. The van der Waals surface area contributed by atoms with E-state index in [1.165, 1.54) is 0 Å². The normalized spacial score (nSPS) is 21.1. The zero-order valence-corrected chi connectivity index (χ0v) is 15.4. The molecule has 1 fully saturated rings. The molecule has 0 amide bonds. The summed E-state index contributed by atoms with van der Waals surface area (Å²) < 4.78 is 14.9. The van der Waals surface area contributed by atoms with Crippen LogP contribution in [0, 0.1) is 17.2 Å². The zero-order chi connectivity index (χ0) is 18.8. The molecule has 1 aromatic heterocycles. The van der Waals surface area contributed by atoms with Gasteiger partial charge in [0.1, 0.15) is 5.83 Å². The minimum atomic E-state index is -0.392. The monoisotopic (exact) mass is 362 g/mol. The van der Waals surface area contributed by atoms with Gasteiger partial charge in [-0.2, -0.15) is 5.26 Å². The first-order chi connectivity index (χ1) is 13.2. The van der Waals surface area contributed by atoms with Gasteiger partial charge in [-0.15, -0.1) is 0 Å². The number of halogens is 1. The largest absolute Gasteiger partial charge is 0.382 e. The number of nitrogens with one attached hydrogen (secondary N) is 2. The van der Waals surface area contributed by atoms with Gasteiger partial charge < -0.3 is 10.6 Å². The van der Waals surface area contributed by atoms with Crippen molar-refractivity contribution in [2.24, 2.45) is 5.92 Å². The van der Waals surface area contributed by atoms with Gasteiger partial charge in [-0.1, -0.05) is 13.0 Å². The summed E-state index contributed by atoms with van der Waals surface area (Å²) >= 11 is 0. The minimum absolute atomic E-state index is 0.142. The molecule has 138 valence electrons. The van der Waals surface area contributed by atoms with E-state index in [0.717, 1.165) is 48.0 Å². The van der Waals surface area contributed by atoms with Crippen LogP contribution in [-0.4, -0.2) is 24.1 Å². The van der Waals surface area contributed by atoms with Gasteiger partial charge in [-0.25, -0.2) is 4.39 Å². The molecule has 0 radical (unpaired) electrons. The minimum Gasteiger partial charge on any atom is -0.382 e. The molecule has 2 heterocycles.